The van der Waals surface area contributed by atoms with Crippen molar-refractivity contribution in [1.29, 1.82) is 0 Å². The predicted octanol–water partition coefficient (Wildman–Crippen LogP) is 3.82. The van der Waals surface area contributed by atoms with E-state index < -0.39 is 0 Å². The molecule has 0 radical (unpaired) electrons. The molecular formula is C17H28N2. The van der Waals surface area contributed by atoms with Gasteiger partial charge >= 0.3 is 0 Å². The topological polar surface area (TPSA) is 24.9 Å². The molecule has 1 unspecified atom stereocenters. The van der Waals surface area contributed by atoms with Crippen molar-refractivity contribution in [3.8, 4) is 0 Å². The van der Waals surface area contributed by atoms with E-state index >= 15 is 0 Å². The minimum Gasteiger partial charge on any atom is -0.317 e. The molecule has 0 spiro atoms. The third-order valence-corrected chi connectivity index (χ3v) is 4.90. The van der Waals surface area contributed by atoms with E-state index in [-0.39, 0.29) is 0 Å². The second-order valence-corrected chi connectivity index (χ2v) is 5.98. The van der Waals surface area contributed by atoms with Gasteiger partial charge in [-0.3, -0.25) is 4.98 Å². The van der Waals surface area contributed by atoms with E-state index in [0.717, 1.165) is 11.8 Å². The molecule has 0 bridgehead atoms. The van der Waals surface area contributed by atoms with Crippen molar-refractivity contribution in [2.24, 2.45) is 11.8 Å². The van der Waals surface area contributed by atoms with Gasteiger partial charge in [-0.15, -0.1) is 0 Å². The van der Waals surface area contributed by atoms with Crippen molar-refractivity contribution < 1.29 is 0 Å². The average Bonchev–Trinajstić information content (AvgIpc) is 2.49. The molecule has 1 heterocycles. The Balaban J connectivity index is 1.80. The summed E-state index contributed by atoms with van der Waals surface area (Å²) >= 11 is 0. The first kappa shape index (κ1) is 14.5. The zero-order valence-electron chi connectivity index (χ0n) is 12.4. The summed E-state index contributed by atoms with van der Waals surface area (Å²) in [5, 5.41) is 3.56. The Morgan fingerprint density at radius 2 is 1.89 bits per heavy atom. The van der Waals surface area contributed by atoms with Crippen LogP contribution in [-0.2, 0) is 6.42 Å². The number of pyridine rings is 1. The molecule has 0 saturated heterocycles. The molecule has 2 rings (SSSR count). The van der Waals surface area contributed by atoms with Gasteiger partial charge in [0.05, 0.1) is 0 Å². The second kappa shape index (κ2) is 7.64. The van der Waals surface area contributed by atoms with Crippen LogP contribution in [-0.4, -0.2) is 18.1 Å². The fourth-order valence-corrected chi connectivity index (χ4v) is 3.49. The Labute approximate surface area is 118 Å². The molecule has 0 amide bonds. The molecule has 1 saturated carbocycles. The summed E-state index contributed by atoms with van der Waals surface area (Å²) in [5.74, 6) is 1.88. The van der Waals surface area contributed by atoms with E-state index in [1.54, 1.807) is 0 Å². The van der Waals surface area contributed by atoms with Crippen LogP contribution >= 0.6 is 0 Å². The normalized spacial score (nSPS) is 25.2. The van der Waals surface area contributed by atoms with Crippen LogP contribution in [0.4, 0.5) is 0 Å². The van der Waals surface area contributed by atoms with Crippen LogP contribution in [0.3, 0.4) is 0 Å². The van der Waals surface area contributed by atoms with Gasteiger partial charge in [-0.2, -0.15) is 0 Å². The van der Waals surface area contributed by atoms with Crippen molar-refractivity contribution >= 4 is 0 Å². The van der Waals surface area contributed by atoms with Crippen LogP contribution in [0.2, 0.25) is 0 Å². The van der Waals surface area contributed by atoms with Gasteiger partial charge in [0.1, 0.15) is 0 Å². The van der Waals surface area contributed by atoms with Gasteiger partial charge in [0.2, 0.25) is 0 Å². The number of nitrogens with zero attached hydrogens (tertiary/aromatic N) is 1. The zero-order valence-corrected chi connectivity index (χ0v) is 12.4. The third kappa shape index (κ3) is 4.31. The minimum atomic E-state index is 0.686. The van der Waals surface area contributed by atoms with Crippen molar-refractivity contribution in [1.82, 2.24) is 10.3 Å². The quantitative estimate of drug-likeness (QED) is 0.841. The molecule has 1 aliphatic rings. The largest absolute Gasteiger partial charge is 0.317 e. The zero-order chi connectivity index (χ0) is 13.5. The van der Waals surface area contributed by atoms with E-state index in [9.17, 15) is 0 Å². The van der Waals surface area contributed by atoms with E-state index in [4.69, 9.17) is 0 Å². The van der Waals surface area contributed by atoms with Crippen molar-refractivity contribution in [2.45, 2.75) is 57.9 Å². The van der Waals surface area contributed by atoms with E-state index in [1.165, 1.54) is 50.5 Å². The van der Waals surface area contributed by atoms with Gasteiger partial charge in [-0.25, -0.2) is 0 Å². The highest BCUT2D eigenvalue weighted by molar-refractivity contribution is 5.10. The van der Waals surface area contributed by atoms with Gasteiger partial charge in [0, 0.05) is 18.4 Å². The molecule has 1 aromatic rings. The molecule has 0 aliphatic heterocycles. The number of hydrogen-bond donors (Lipinski definition) is 1. The highest BCUT2D eigenvalue weighted by Crippen LogP contribution is 2.33. The summed E-state index contributed by atoms with van der Waals surface area (Å²) in [4.78, 5) is 4.08. The lowest BCUT2D eigenvalue weighted by Crippen LogP contribution is -2.36. The summed E-state index contributed by atoms with van der Waals surface area (Å²) in [6.45, 7) is 2.34. The summed E-state index contributed by atoms with van der Waals surface area (Å²) < 4.78 is 0. The Morgan fingerprint density at radius 1 is 1.21 bits per heavy atom. The molecule has 106 valence electrons. The summed E-state index contributed by atoms with van der Waals surface area (Å²) in [6.07, 6.45) is 13.3. The van der Waals surface area contributed by atoms with Crippen LogP contribution in [0.1, 0.15) is 51.0 Å². The molecule has 2 heteroatoms. The molecule has 1 N–H and O–H groups in total. The second-order valence-electron chi connectivity index (χ2n) is 5.98. The highest BCUT2D eigenvalue weighted by atomic mass is 14.9. The monoisotopic (exact) mass is 260 g/mol. The Morgan fingerprint density at radius 3 is 2.47 bits per heavy atom. The van der Waals surface area contributed by atoms with Crippen LogP contribution in [0.25, 0.3) is 0 Å². The molecular weight excluding hydrogens is 232 g/mol. The molecule has 2 nitrogen and oxygen atoms in total. The first-order valence-corrected chi connectivity index (χ1v) is 7.89. The number of aryl methyl sites for hydroxylation is 1. The molecule has 1 aromatic heterocycles. The van der Waals surface area contributed by atoms with Crippen LogP contribution in [0, 0.1) is 11.8 Å². The van der Waals surface area contributed by atoms with Gasteiger partial charge < -0.3 is 5.32 Å². The van der Waals surface area contributed by atoms with E-state index in [2.05, 4.69) is 36.4 Å². The lowest BCUT2D eigenvalue weighted by atomic mass is 9.76. The predicted molar refractivity (Wildman–Crippen MR) is 81.1 cm³/mol. The minimum absolute atomic E-state index is 0.686. The Hall–Kier alpha value is -0.890. The summed E-state index contributed by atoms with van der Waals surface area (Å²) in [6, 6.07) is 4.97. The lowest BCUT2D eigenvalue weighted by molar-refractivity contribution is 0.216. The van der Waals surface area contributed by atoms with Crippen molar-refractivity contribution in [2.75, 3.05) is 7.05 Å². The molecule has 19 heavy (non-hydrogen) atoms. The molecule has 0 aromatic carbocycles. The lowest BCUT2D eigenvalue weighted by Gasteiger charge is -2.33. The maximum atomic E-state index is 4.08. The number of hydrogen-bond acceptors (Lipinski definition) is 2. The van der Waals surface area contributed by atoms with Gasteiger partial charge in [-0.05, 0) is 62.3 Å². The van der Waals surface area contributed by atoms with Crippen LogP contribution in [0.5, 0.6) is 0 Å². The SMILES string of the molecule is CCC1CCC(C(CCc2ccncc2)NC)CC1. The van der Waals surface area contributed by atoms with E-state index in [0.29, 0.717) is 6.04 Å². The average molecular weight is 260 g/mol. The van der Waals surface area contributed by atoms with Gasteiger partial charge in [0.15, 0.2) is 0 Å². The maximum absolute atomic E-state index is 4.08. The maximum Gasteiger partial charge on any atom is 0.0270 e. The Bertz CT molecular complexity index is 342. The fourth-order valence-electron chi connectivity index (χ4n) is 3.49. The first-order valence-electron chi connectivity index (χ1n) is 7.89. The number of aromatic nitrogens is 1. The van der Waals surface area contributed by atoms with Crippen molar-refractivity contribution in [3.05, 3.63) is 30.1 Å². The van der Waals surface area contributed by atoms with Crippen molar-refractivity contribution in [3.63, 3.8) is 0 Å². The first-order chi connectivity index (χ1) is 9.33. The molecule has 1 atom stereocenters. The Kier molecular flexibility index (Phi) is 5.84. The molecule has 1 fully saturated rings. The number of nitrogens with one attached hydrogen (secondary N) is 1. The molecule has 1 aliphatic carbocycles. The number of rotatable bonds is 6. The third-order valence-electron chi connectivity index (χ3n) is 4.90. The standard InChI is InChI=1S/C17H28N2/c1-3-14-4-7-16(8-5-14)17(18-2)9-6-15-10-12-19-13-11-15/h10-14,16-18H,3-9H2,1-2H3. The smallest absolute Gasteiger partial charge is 0.0270 e. The summed E-state index contributed by atoms with van der Waals surface area (Å²) in [7, 11) is 2.13. The summed E-state index contributed by atoms with van der Waals surface area (Å²) in [5.41, 5.74) is 1.41. The van der Waals surface area contributed by atoms with Gasteiger partial charge in [-0.1, -0.05) is 26.2 Å². The van der Waals surface area contributed by atoms with Crippen LogP contribution in [0.15, 0.2) is 24.5 Å². The van der Waals surface area contributed by atoms with E-state index in [1.807, 2.05) is 12.4 Å². The fraction of sp³-hybridized carbons (Fsp3) is 0.706. The van der Waals surface area contributed by atoms with Crippen LogP contribution < -0.4 is 5.32 Å². The van der Waals surface area contributed by atoms with Gasteiger partial charge in [0.25, 0.3) is 0 Å². The highest BCUT2D eigenvalue weighted by Gasteiger charge is 2.25.